The van der Waals surface area contributed by atoms with Crippen LogP contribution in [0.15, 0.2) is 29.2 Å². The maximum Gasteiger partial charge on any atom is 0.261 e. The Morgan fingerprint density at radius 1 is 1.29 bits per heavy atom. The number of aryl methyl sites for hydroxylation is 2. The van der Waals surface area contributed by atoms with Crippen LogP contribution in [0.25, 0.3) is 0 Å². The highest BCUT2D eigenvalue weighted by Gasteiger charge is 2.14. The molecule has 0 saturated heterocycles. The molecule has 0 aliphatic rings. The van der Waals surface area contributed by atoms with Gasteiger partial charge in [0.2, 0.25) is 0 Å². The summed E-state index contributed by atoms with van der Waals surface area (Å²) in [5, 5.41) is 0. The molecule has 1 aromatic carbocycles. The minimum atomic E-state index is -3.69. The van der Waals surface area contributed by atoms with Crippen LogP contribution in [0, 0.1) is 13.8 Å². The second-order valence-electron chi connectivity index (χ2n) is 3.70. The Morgan fingerprint density at radius 2 is 1.82 bits per heavy atom. The Morgan fingerprint density at radius 3 is 2.24 bits per heavy atom. The largest absolute Gasteiger partial charge is 0.489 e. The van der Waals surface area contributed by atoms with Gasteiger partial charge in [0.05, 0.1) is 4.90 Å². The molecule has 0 radical (unpaired) electrons. The first-order valence-corrected chi connectivity index (χ1v) is 7.47. The van der Waals surface area contributed by atoms with Gasteiger partial charge in [0.1, 0.15) is 12.4 Å². The third-order valence-electron chi connectivity index (χ3n) is 2.27. The fraction of sp³-hybridized carbons (Fsp3) is 0.333. The summed E-state index contributed by atoms with van der Waals surface area (Å²) in [5.74, 6) is 0.701. The van der Waals surface area contributed by atoms with E-state index in [0.717, 1.165) is 11.1 Å². The molecule has 0 atom stereocenters. The van der Waals surface area contributed by atoms with E-state index in [2.05, 4.69) is 0 Å². The Bertz CT molecular complexity index is 510. The van der Waals surface area contributed by atoms with Crippen LogP contribution in [0.4, 0.5) is 0 Å². The summed E-state index contributed by atoms with van der Waals surface area (Å²) in [7, 11) is 1.61. The standard InChI is InChI=1S/C12H15ClO3S/c1-4-5-6-16-12-9(2)7-11(8-10(12)3)17(13,14)15/h4-5,7-8H,6H2,1-3H3/b5-4+. The fourth-order valence-corrected chi connectivity index (χ4v) is 2.41. The summed E-state index contributed by atoms with van der Waals surface area (Å²) in [6.45, 7) is 5.96. The van der Waals surface area contributed by atoms with E-state index in [4.69, 9.17) is 15.4 Å². The van der Waals surface area contributed by atoms with Crippen LogP contribution in [0.5, 0.6) is 5.75 Å². The second kappa shape index (κ2) is 5.56. The minimum absolute atomic E-state index is 0.104. The van der Waals surface area contributed by atoms with Crippen molar-refractivity contribution in [3.8, 4) is 5.75 Å². The van der Waals surface area contributed by atoms with Crippen LogP contribution >= 0.6 is 10.7 Å². The number of rotatable bonds is 4. The zero-order chi connectivity index (χ0) is 13.1. The summed E-state index contributed by atoms with van der Waals surface area (Å²) in [6.07, 6.45) is 3.77. The van der Waals surface area contributed by atoms with Crippen molar-refractivity contribution in [1.82, 2.24) is 0 Å². The maximum absolute atomic E-state index is 11.2. The lowest BCUT2D eigenvalue weighted by Gasteiger charge is -2.11. The highest BCUT2D eigenvalue weighted by atomic mass is 35.7. The molecule has 17 heavy (non-hydrogen) atoms. The van der Waals surface area contributed by atoms with Crippen LogP contribution < -0.4 is 4.74 Å². The van der Waals surface area contributed by atoms with Gasteiger partial charge in [-0.05, 0) is 44.0 Å². The van der Waals surface area contributed by atoms with Crippen molar-refractivity contribution in [1.29, 1.82) is 0 Å². The quantitative estimate of drug-likeness (QED) is 0.626. The minimum Gasteiger partial charge on any atom is -0.489 e. The lowest BCUT2D eigenvalue weighted by molar-refractivity contribution is 0.357. The first kappa shape index (κ1) is 14.1. The number of hydrogen-bond acceptors (Lipinski definition) is 3. The first-order valence-electron chi connectivity index (χ1n) is 5.16. The third-order valence-corrected chi connectivity index (χ3v) is 3.61. The van der Waals surface area contributed by atoms with Crippen LogP contribution in [0.2, 0.25) is 0 Å². The summed E-state index contributed by atoms with van der Waals surface area (Å²) in [4.78, 5) is 0.104. The number of ether oxygens (including phenoxy) is 1. The molecule has 3 nitrogen and oxygen atoms in total. The van der Waals surface area contributed by atoms with Gasteiger partial charge in [-0.1, -0.05) is 12.2 Å². The molecule has 0 amide bonds. The second-order valence-corrected chi connectivity index (χ2v) is 6.27. The molecule has 0 aromatic heterocycles. The van der Waals surface area contributed by atoms with E-state index in [-0.39, 0.29) is 4.90 Å². The Labute approximate surface area is 106 Å². The molecule has 0 aliphatic heterocycles. The van der Waals surface area contributed by atoms with Crippen molar-refractivity contribution in [3.05, 3.63) is 35.4 Å². The average molecular weight is 275 g/mol. The first-order chi connectivity index (χ1) is 7.86. The summed E-state index contributed by atoms with van der Waals surface area (Å²) >= 11 is 0. The van der Waals surface area contributed by atoms with Crippen molar-refractivity contribution in [2.75, 3.05) is 6.61 Å². The summed E-state index contributed by atoms with van der Waals surface area (Å²) < 4.78 is 28.0. The predicted octanol–water partition coefficient (Wildman–Crippen LogP) is 3.19. The predicted molar refractivity (Wildman–Crippen MR) is 69.3 cm³/mol. The van der Waals surface area contributed by atoms with Gasteiger partial charge in [0.25, 0.3) is 9.05 Å². The van der Waals surface area contributed by atoms with Gasteiger partial charge >= 0.3 is 0 Å². The summed E-state index contributed by atoms with van der Waals surface area (Å²) in [6, 6.07) is 3.03. The van der Waals surface area contributed by atoms with E-state index in [1.165, 1.54) is 12.1 Å². The molecule has 0 N–H and O–H groups in total. The molecule has 1 rings (SSSR count). The maximum atomic E-state index is 11.2. The molecule has 0 heterocycles. The lowest BCUT2D eigenvalue weighted by Crippen LogP contribution is -2.00. The van der Waals surface area contributed by atoms with E-state index in [1.807, 2.05) is 19.1 Å². The van der Waals surface area contributed by atoms with E-state index in [0.29, 0.717) is 12.4 Å². The smallest absolute Gasteiger partial charge is 0.261 e. The van der Waals surface area contributed by atoms with Gasteiger partial charge < -0.3 is 4.74 Å². The lowest BCUT2D eigenvalue weighted by atomic mass is 10.1. The van der Waals surface area contributed by atoms with Gasteiger partial charge in [-0.3, -0.25) is 0 Å². The number of benzene rings is 1. The molecule has 5 heteroatoms. The third kappa shape index (κ3) is 3.75. The average Bonchev–Trinajstić information content (AvgIpc) is 2.20. The Kier molecular flexibility index (Phi) is 4.60. The zero-order valence-corrected chi connectivity index (χ0v) is 11.6. The van der Waals surface area contributed by atoms with Gasteiger partial charge in [-0.25, -0.2) is 8.42 Å². The SMILES string of the molecule is C/C=C/COc1c(C)cc(S(=O)(=O)Cl)cc1C. The number of allylic oxidation sites excluding steroid dienone is 1. The van der Waals surface area contributed by atoms with Crippen LogP contribution in [0.1, 0.15) is 18.1 Å². The van der Waals surface area contributed by atoms with Crippen LogP contribution in [0.3, 0.4) is 0 Å². The Balaban J connectivity index is 3.11. The van der Waals surface area contributed by atoms with Crippen LogP contribution in [-0.4, -0.2) is 15.0 Å². The molecular weight excluding hydrogens is 260 g/mol. The highest BCUT2D eigenvalue weighted by molar-refractivity contribution is 8.13. The van der Waals surface area contributed by atoms with Crippen molar-refractivity contribution >= 4 is 19.7 Å². The monoisotopic (exact) mass is 274 g/mol. The van der Waals surface area contributed by atoms with Gasteiger partial charge in [0, 0.05) is 10.7 Å². The molecule has 0 unspecified atom stereocenters. The van der Waals surface area contributed by atoms with E-state index >= 15 is 0 Å². The zero-order valence-electron chi connectivity index (χ0n) is 10.0. The van der Waals surface area contributed by atoms with Crippen molar-refractivity contribution < 1.29 is 13.2 Å². The summed E-state index contributed by atoms with van der Waals surface area (Å²) in [5.41, 5.74) is 1.52. The molecule has 94 valence electrons. The normalized spacial score (nSPS) is 12.0. The van der Waals surface area contributed by atoms with Gasteiger partial charge in [0.15, 0.2) is 0 Å². The molecule has 0 bridgehead atoms. The van der Waals surface area contributed by atoms with Crippen molar-refractivity contribution in [3.63, 3.8) is 0 Å². The molecular formula is C12H15ClO3S. The van der Waals surface area contributed by atoms with Gasteiger partial charge in [-0.15, -0.1) is 0 Å². The van der Waals surface area contributed by atoms with Crippen LogP contribution in [-0.2, 0) is 9.05 Å². The fourth-order valence-electron chi connectivity index (χ4n) is 1.51. The van der Waals surface area contributed by atoms with Gasteiger partial charge in [-0.2, -0.15) is 0 Å². The van der Waals surface area contributed by atoms with Crippen molar-refractivity contribution in [2.24, 2.45) is 0 Å². The van der Waals surface area contributed by atoms with E-state index in [1.54, 1.807) is 13.8 Å². The number of hydrogen-bond donors (Lipinski definition) is 0. The molecule has 1 aromatic rings. The highest BCUT2D eigenvalue weighted by Crippen LogP contribution is 2.28. The Hall–Kier alpha value is -1.00. The topological polar surface area (TPSA) is 43.4 Å². The van der Waals surface area contributed by atoms with E-state index < -0.39 is 9.05 Å². The molecule has 0 saturated carbocycles. The number of halogens is 1. The molecule has 0 spiro atoms. The van der Waals surface area contributed by atoms with Crippen molar-refractivity contribution in [2.45, 2.75) is 25.7 Å². The van der Waals surface area contributed by atoms with E-state index in [9.17, 15) is 8.42 Å². The molecule has 0 fully saturated rings. The molecule has 0 aliphatic carbocycles.